The summed E-state index contributed by atoms with van der Waals surface area (Å²) in [5.74, 6) is 0.467. The van der Waals surface area contributed by atoms with Gasteiger partial charge in [0.05, 0.1) is 11.9 Å². The molecule has 2 amide bonds. The molecule has 10 heteroatoms. The topological polar surface area (TPSA) is 96.8 Å². The van der Waals surface area contributed by atoms with Gasteiger partial charge in [0.25, 0.3) is 0 Å². The zero-order chi connectivity index (χ0) is 28.2. The maximum atomic E-state index is 13.7. The Morgan fingerprint density at radius 2 is 1.57 bits per heavy atom. The third-order valence-corrected chi connectivity index (χ3v) is 6.93. The fourth-order valence-corrected chi connectivity index (χ4v) is 4.76. The summed E-state index contributed by atoms with van der Waals surface area (Å²) in [5, 5.41) is 7.82. The predicted octanol–water partition coefficient (Wildman–Crippen LogP) is 4.97. The molecule has 1 fully saturated rings. The second kappa shape index (κ2) is 11.6. The van der Waals surface area contributed by atoms with Gasteiger partial charge in [-0.3, -0.25) is 14.4 Å². The zero-order valence-corrected chi connectivity index (χ0v) is 22.9. The third-order valence-electron chi connectivity index (χ3n) is 6.67. The molecule has 0 unspecified atom stereocenters. The molecule has 0 aliphatic carbocycles. The number of nitrogens with zero attached hydrogens (tertiary/aromatic N) is 4. The molecule has 9 nitrogen and oxygen atoms in total. The van der Waals surface area contributed by atoms with E-state index in [-0.39, 0.29) is 17.6 Å². The fraction of sp³-hybridized carbons (Fsp3) is 0.200. The van der Waals surface area contributed by atoms with Crippen LogP contribution in [-0.4, -0.2) is 52.7 Å². The van der Waals surface area contributed by atoms with Gasteiger partial charge < -0.3 is 19.9 Å². The van der Waals surface area contributed by atoms with Crippen LogP contribution >= 0.6 is 11.6 Å². The number of amides is 2. The quantitative estimate of drug-likeness (QED) is 0.359. The molecule has 0 bridgehead atoms. The molecule has 1 aliphatic rings. The largest absolute Gasteiger partial charge is 0.449 e. The number of hydrogen-bond acceptors (Lipinski definition) is 6. The van der Waals surface area contributed by atoms with E-state index in [2.05, 4.69) is 10.4 Å². The summed E-state index contributed by atoms with van der Waals surface area (Å²) in [6.07, 6.45) is 1.62. The first-order chi connectivity index (χ1) is 19.3. The van der Waals surface area contributed by atoms with Crippen molar-refractivity contribution in [2.45, 2.75) is 13.8 Å². The van der Waals surface area contributed by atoms with Crippen LogP contribution < -0.4 is 20.5 Å². The minimum absolute atomic E-state index is 0.0209. The Morgan fingerprint density at radius 1 is 0.900 bits per heavy atom. The SMILES string of the molecule is CC(=O)Nc1ccccc1-c1ccc(Oc2c(N3CCN(C(C)=O)CC3)cnn(-c3ccc(Cl)cc3)c2=O)cc1. The minimum Gasteiger partial charge on any atom is -0.449 e. The Bertz CT molecular complexity index is 1590. The normalized spacial score (nSPS) is 13.2. The highest BCUT2D eigenvalue weighted by atomic mass is 35.5. The first-order valence-corrected chi connectivity index (χ1v) is 13.2. The summed E-state index contributed by atoms with van der Waals surface area (Å²) in [5.41, 5.74) is 3.13. The molecule has 204 valence electrons. The van der Waals surface area contributed by atoms with Crippen molar-refractivity contribution in [3.05, 3.63) is 94.4 Å². The highest BCUT2D eigenvalue weighted by Gasteiger charge is 2.25. The predicted molar refractivity (Wildman–Crippen MR) is 156 cm³/mol. The number of para-hydroxylation sites is 1. The molecular formula is C30H28ClN5O4. The van der Waals surface area contributed by atoms with E-state index in [9.17, 15) is 14.4 Å². The Hall–Kier alpha value is -4.63. The van der Waals surface area contributed by atoms with E-state index < -0.39 is 5.56 Å². The van der Waals surface area contributed by atoms with Gasteiger partial charge in [0.15, 0.2) is 0 Å². The maximum Gasteiger partial charge on any atom is 0.316 e. The van der Waals surface area contributed by atoms with E-state index in [0.29, 0.717) is 54.0 Å². The molecule has 0 atom stereocenters. The van der Waals surface area contributed by atoms with Crippen LogP contribution in [0.4, 0.5) is 11.4 Å². The molecule has 0 radical (unpaired) electrons. The van der Waals surface area contributed by atoms with Gasteiger partial charge in [0, 0.05) is 56.3 Å². The summed E-state index contributed by atoms with van der Waals surface area (Å²) in [6, 6.07) is 21.7. The average molecular weight is 558 g/mol. The van der Waals surface area contributed by atoms with Crippen molar-refractivity contribution in [2.75, 3.05) is 36.4 Å². The van der Waals surface area contributed by atoms with Crippen LogP contribution in [-0.2, 0) is 9.59 Å². The third kappa shape index (κ3) is 5.84. The number of piperazine rings is 1. The average Bonchev–Trinajstić information content (AvgIpc) is 2.95. The summed E-state index contributed by atoms with van der Waals surface area (Å²) in [6.45, 7) is 5.19. The minimum atomic E-state index is -0.422. The summed E-state index contributed by atoms with van der Waals surface area (Å²) < 4.78 is 7.52. The molecule has 1 aromatic heterocycles. The number of halogens is 1. The van der Waals surface area contributed by atoms with Crippen LogP contribution in [0.15, 0.2) is 83.8 Å². The number of aromatic nitrogens is 2. The van der Waals surface area contributed by atoms with E-state index in [0.717, 1.165) is 11.1 Å². The maximum absolute atomic E-state index is 13.7. The lowest BCUT2D eigenvalue weighted by Gasteiger charge is -2.35. The van der Waals surface area contributed by atoms with Crippen molar-refractivity contribution in [3.63, 3.8) is 0 Å². The Morgan fingerprint density at radius 3 is 2.23 bits per heavy atom. The van der Waals surface area contributed by atoms with Gasteiger partial charge in [0.2, 0.25) is 17.6 Å². The first-order valence-electron chi connectivity index (χ1n) is 12.8. The summed E-state index contributed by atoms with van der Waals surface area (Å²) >= 11 is 6.04. The number of anilines is 2. The second-order valence-electron chi connectivity index (χ2n) is 9.40. The van der Waals surface area contributed by atoms with Gasteiger partial charge >= 0.3 is 5.56 Å². The lowest BCUT2D eigenvalue weighted by atomic mass is 10.0. The number of benzene rings is 3. The molecule has 4 aromatic rings. The van der Waals surface area contributed by atoms with Crippen molar-refractivity contribution < 1.29 is 14.3 Å². The van der Waals surface area contributed by atoms with Gasteiger partial charge in [-0.25, -0.2) is 0 Å². The van der Waals surface area contributed by atoms with Gasteiger partial charge in [0.1, 0.15) is 11.4 Å². The van der Waals surface area contributed by atoms with Crippen molar-refractivity contribution in [2.24, 2.45) is 0 Å². The van der Waals surface area contributed by atoms with Crippen molar-refractivity contribution in [1.29, 1.82) is 0 Å². The highest BCUT2D eigenvalue weighted by Crippen LogP contribution is 2.33. The smallest absolute Gasteiger partial charge is 0.316 e. The van der Waals surface area contributed by atoms with Crippen LogP contribution in [0.1, 0.15) is 13.8 Å². The van der Waals surface area contributed by atoms with Gasteiger partial charge in [-0.2, -0.15) is 9.78 Å². The standard InChI is InChI=1S/C30H28ClN5O4/c1-20(37)33-27-6-4-3-5-26(27)22-7-13-25(14-8-22)40-29-28(35-17-15-34(16-18-35)21(2)38)19-32-36(30(29)39)24-11-9-23(31)10-12-24/h3-14,19H,15-18H2,1-2H3,(H,33,37). The van der Waals surface area contributed by atoms with E-state index in [1.807, 2.05) is 41.3 Å². The molecular weight excluding hydrogens is 530 g/mol. The van der Waals surface area contributed by atoms with Gasteiger partial charge in [-0.1, -0.05) is 41.9 Å². The van der Waals surface area contributed by atoms with Crippen LogP contribution in [0.2, 0.25) is 5.02 Å². The number of hydrogen-bond donors (Lipinski definition) is 1. The van der Waals surface area contributed by atoms with E-state index in [4.69, 9.17) is 16.3 Å². The monoisotopic (exact) mass is 557 g/mol. The molecule has 40 heavy (non-hydrogen) atoms. The van der Waals surface area contributed by atoms with Crippen molar-refractivity contribution in [1.82, 2.24) is 14.7 Å². The van der Waals surface area contributed by atoms with Gasteiger partial charge in [-0.05, 0) is 48.0 Å². The number of rotatable bonds is 6. The Kier molecular flexibility index (Phi) is 7.84. The molecule has 0 spiro atoms. The molecule has 0 saturated carbocycles. The highest BCUT2D eigenvalue weighted by molar-refractivity contribution is 6.30. The van der Waals surface area contributed by atoms with Crippen LogP contribution in [0.5, 0.6) is 11.5 Å². The van der Waals surface area contributed by atoms with Crippen molar-refractivity contribution >= 4 is 34.8 Å². The number of nitrogens with one attached hydrogen (secondary N) is 1. The van der Waals surface area contributed by atoms with E-state index in [1.165, 1.54) is 11.6 Å². The first kappa shape index (κ1) is 27.0. The second-order valence-corrected chi connectivity index (χ2v) is 9.84. The zero-order valence-electron chi connectivity index (χ0n) is 22.1. The number of carbonyl (C=O) groups excluding carboxylic acids is 2. The number of carbonyl (C=O) groups is 2. The van der Waals surface area contributed by atoms with Crippen molar-refractivity contribution in [3.8, 4) is 28.3 Å². The molecule has 1 N–H and O–H groups in total. The Balaban J connectivity index is 1.49. The van der Waals surface area contributed by atoms with Crippen LogP contribution in [0.25, 0.3) is 16.8 Å². The van der Waals surface area contributed by atoms with Crippen LogP contribution in [0, 0.1) is 0 Å². The Labute approximate surface area is 236 Å². The van der Waals surface area contributed by atoms with E-state index in [1.54, 1.807) is 54.4 Å². The molecule has 2 heterocycles. The molecule has 3 aromatic carbocycles. The van der Waals surface area contributed by atoms with Gasteiger partial charge in [-0.15, -0.1) is 0 Å². The van der Waals surface area contributed by atoms with Crippen LogP contribution in [0.3, 0.4) is 0 Å². The summed E-state index contributed by atoms with van der Waals surface area (Å²) in [4.78, 5) is 41.0. The van der Waals surface area contributed by atoms with E-state index >= 15 is 0 Å². The lowest BCUT2D eigenvalue weighted by molar-refractivity contribution is -0.129. The molecule has 1 aliphatic heterocycles. The molecule has 5 rings (SSSR count). The summed E-state index contributed by atoms with van der Waals surface area (Å²) in [7, 11) is 0. The fourth-order valence-electron chi connectivity index (χ4n) is 4.63. The lowest BCUT2D eigenvalue weighted by Crippen LogP contribution is -2.48. The number of ether oxygens (including phenoxy) is 1. The molecule has 1 saturated heterocycles.